The highest BCUT2D eigenvalue weighted by atomic mass is 16.5. The SMILES string of the molecule is CC(=O)N1CCOCC1C(=O)Nc1ccnc2ccncc12. The van der Waals surface area contributed by atoms with Crippen LogP contribution in [0.3, 0.4) is 0 Å². The molecule has 1 saturated heterocycles. The third-order valence-electron chi connectivity index (χ3n) is 3.64. The number of ether oxygens (including phenoxy) is 1. The van der Waals surface area contributed by atoms with Crippen LogP contribution in [0.5, 0.6) is 0 Å². The number of pyridine rings is 2. The Morgan fingerprint density at radius 2 is 2.23 bits per heavy atom. The van der Waals surface area contributed by atoms with Crippen LogP contribution in [-0.2, 0) is 14.3 Å². The fourth-order valence-electron chi connectivity index (χ4n) is 2.51. The maximum absolute atomic E-state index is 12.5. The van der Waals surface area contributed by atoms with Gasteiger partial charge in [0.2, 0.25) is 11.8 Å². The van der Waals surface area contributed by atoms with Gasteiger partial charge in [0.25, 0.3) is 0 Å². The average molecular weight is 300 g/mol. The lowest BCUT2D eigenvalue weighted by atomic mass is 10.2. The molecule has 0 radical (unpaired) electrons. The van der Waals surface area contributed by atoms with Crippen molar-refractivity contribution in [2.45, 2.75) is 13.0 Å². The van der Waals surface area contributed by atoms with Gasteiger partial charge < -0.3 is 15.0 Å². The Labute approximate surface area is 127 Å². The first-order valence-electron chi connectivity index (χ1n) is 7.01. The maximum atomic E-state index is 12.5. The molecule has 114 valence electrons. The zero-order valence-electron chi connectivity index (χ0n) is 12.2. The van der Waals surface area contributed by atoms with E-state index in [-0.39, 0.29) is 18.4 Å². The highest BCUT2D eigenvalue weighted by molar-refractivity contribution is 6.03. The van der Waals surface area contributed by atoms with Gasteiger partial charge in [0, 0.05) is 37.4 Å². The lowest BCUT2D eigenvalue weighted by Gasteiger charge is -2.33. The summed E-state index contributed by atoms with van der Waals surface area (Å²) in [4.78, 5) is 34.0. The number of fused-ring (bicyclic) bond motifs is 1. The molecule has 2 amide bonds. The highest BCUT2D eigenvalue weighted by Crippen LogP contribution is 2.21. The molecule has 0 aromatic carbocycles. The van der Waals surface area contributed by atoms with Gasteiger partial charge in [0.1, 0.15) is 6.04 Å². The molecule has 2 aromatic rings. The fourth-order valence-corrected chi connectivity index (χ4v) is 2.51. The molecule has 0 aliphatic carbocycles. The second-order valence-corrected chi connectivity index (χ2v) is 5.04. The van der Waals surface area contributed by atoms with Crippen LogP contribution in [0.15, 0.2) is 30.7 Å². The van der Waals surface area contributed by atoms with E-state index in [1.807, 2.05) is 0 Å². The van der Waals surface area contributed by atoms with Gasteiger partial charge in [-0.2, -0.15) is 0 Å². The van der Waals surface area contributed by atoms with Crippen molar-refractivity contribution >= 4 is 28.4 Å². The first kappa shape index (κ1) is 14.4. The molecule has 1 aliphatic heterocycles. The van der Waals surface area contributed by atoms with Gasteiger partial charge in [-0.25, -0.2) is 0 Å². The van der Waals surface area contributed by atoms with E-state index in [9.17, 15) is 9.59 Å². The molecule has 0 saturated carbocycles. The zero-order chi connectivity index (χ0) is 15.5. The van der Waals surface area contributed by atoms with Gasteiger partial charge in [-0.05, 0) is 12.1 Å². The monoisotopic (exact) mass is 300 g/mol. The zero-order valence-corrected chi connectivity index (χ0v) is 12.2. The van der Waals surface area contributed by atoms with Crippen LogP contribution >= 0.6 is 0 Å². The number of carbonyl (C=O) groups is 2. The van der Waals surface area contributed by atoms with E-state index in [0.717, 1.165) is 10.9 Å². The van der Waals surface area contributed by atoms with Crippen molar-refractivity contribution in [3.8, 4) is 0 Å². The summed E-state index contributed by atoms with van der Waals surface area (Å²) < 4.78 is 5.33. The maximum Gasteiger partial charge on any atom is 0.249 e. The van der Waals surface area contributed by atoms with Gasteiger partial charge in [-0.3, -0.25) is 19.6 Å². The quantitative estimate of drug-likeness (QED) is 0.887. The Morgan fingerprint density at radius 1 is 1.36 bits per heavy atom. The second kappa shape index (κ2) is 6.07. The molecule has 1 fully saturated rings. The molecule has 0 bridgehead atoms. The van der Waals surface area contributed by atoms with Crippen molar-refractivity contribution in [3.63, 3.8) is 0 Å². The summed E-state index contributed by atoms with van der Waals surface area (Å²) >= 11 is 0. The average Bonchev–Trinajstić information content (AvgIpc) is 2.55. The Hall–Kier alpha value is -2.54. The van der Waals surface area contributed by atoms with Crippen molar-refractivity contribution in [1.29, 1.82) is 0 Å². The van der Waals surface area contributed by atoms with Gasteiger partial charge in [0.05, 0.1) is 24.4 Å². The van der Waals surface area contributed by atoms with Crippen molar-refractivity contribution in [1.82, 2.24) is 14.9 Å². The standard InChI is InChI=1S/C15H16N4O3/c1-10(20)19-6-7-22-9-14(19)15(21)18-13-3-5-17-12-2-4-16-8-11(12)13/h2-5,8,14H,6-7,9H2,1H3,(H,17,18,21). The summed E-state index contributed by atoms with van der Waals surface area (Å²) in [6.07, 6.45) is 4.92. The Kier molecular flexibility index (Phi) is 3.97. The van der Waals surface area contributed by atoms with Crippen molar-refractivity contribution < 1.29 is 14.3 Å². The summed E-state index contributed by atoms with van der Waals surface area (Å²) in [6.45, 7) is 2.53. The van der Waals surface area contributed by atoms with Crippen LogP contribution in [0, 0.1) is 0 Å². The number of morpholine rings is 1. The Bertz CT molecular complexity index is 714. The van der Waals surface area contributed by atoms with Crippen molar-refractivity contribution in [3.05, 3.63) is 30.7 Å². The minimum absolute atomic E-state index is 0.135. The molecule has 2 aromatic heterocycles. The molecule has 1 aliphatic rings. The molecule has 7 nitrogen and oxygen atoms in total. The first-order valence-corrected chi connectivity index (χ1v) is 7.01. The molecule has 0 spiro atoms. The predicted molar refractivity (Wildman–Crippen MR) is 80.2 cm³/mol. The lowest BCUT2D eigenvalue weighted by molar-refractivity contribution is -0.144. The highest BCUT2D eigenvalue weighted by Gasteiger charge is 2.31. The third kappa shape index (κ3) is 2.75. The minimum atomic E-state index is -0.619. The number of amides is 2. The molecule has 3 heterocycles. The molecule has 1 atom stereocenters. The Balaban J connectivity index is 1.85. The molecule has 1 unspecified atom stereocenters. The molecule has 3 rings (SSSR count). The molecule has 7 heteroatoms. The smallest absolute Gasteiger partial charge is 0.249 e. The third-order valence-corrected chi connectivity index (χ3v) is 3.64. The van der Waals surface area contributed by atoms with E-state index in [2.05, 4.69) is 15.3 Å². The Morgan fingerprint density at radius 3 is 3.05 bits per heavy atom. The van der Waals surface area contributed by atoms with E-state index in [1.54, 1.807) is 30.7 Å². The number of hydrogen-bond acceptors (Lipinski definition) is 5. The number of nitrogens with one attached hydrogen (secondary N) is 1. The molecule has 22 heavy (non-hydrogen) atoms. The number of hydrogen-bond donors (Lipinski definition) is 1. The normalized spacial score (nSPS) is 18.2. The van der Waals surface area contributed by atoms with Crippen molar-refractivity contribution in [2.24, 2.45) is 0 Å². The van der Waals surface area contributed by atoms with Crippen LogP contribution in [0.4, 0.5) is 5.69 Å². The van der Waals surface area contributed by atoms with Gasteiger partial charge >= 0.3 is 0 Å². The summed E-state index contributed by atoms with van der Waals surface area (Å²) in [5.41, 5.74) is 1.37. The fraction of sp³-hybridized carbons (Fsp3) is 0.333. The number of aromatic nitrogens is 2. The predicted octanol–water partition coefficient (Wildman–Crippen LogP) is 0.816. The number of anilines is 1. The van der Waals surface area contributed by atoms with Crippen LogP contribution < -0.4 is 5.32 Å². The largest absolute Gasteiger partial charge is 0.377 e. The number of nitrogens with zero attached hydrogens (tertiary/aromatic N) is 3. The topological polar surface area (TPSA) is 84.4 Å². The van der Waals surface area contributed by atoms with Crippen LogP contribution in [-0.4, -0.2) is 52.5 Å². The lowest BCUT2D eigenvalue weighted by Crippen LogP contribution is -2.53. The van der Waals surface area contributed by atoms with Crippen molar-refractivity contribution in [2.75, 3.05) is 25.1 Å². The summed E-state index contributed by atoms with van der Waals surface area (Å²) in [7, 11) is 0. The number of rotatable bonds is 2. The molecular weight excluding hydrogens is 284 g/mol. The van der Waals surface area contributed by atoms with Crippen LogP contribution in [0.1, 0.15) is 6.92 Å². The van der Waals surface area contributed by atoms with Crippen LogP contribution in [0.25, 0.3) is 10.9 Å². The van der Waals surface area contributed by atoms with Gasteiger partial charge in [0.15, 0.2) is 0 Å². The summed E-state index contributed by atoms with van der Waals surface area (Å²) in [5.74, 6) is -0.407. The first-order chi connectivity index (χ1) is 10.7. The molecule has 1 N–H and O–H groups in total. The van der Waals surface area contributed by atoms with Crippen LogP contribution in [0.2, 0.25) is 0 Å². The molecular formula is C15H16N4O3. The van der Waals surface area contributed by atoms with E-state index < -0.39 is 6.04 Å². The van der Waals surface area contributed by atoms with E-state index in [4.69, 9.17) is 4.74 Å². The van der Waals surface area contributed by atoms with E-state index in [0.29, 0.717) is 18.8 Å². The summed E-state index contributed by atoms with van der Waals surface area (Å²) in [5, 5.41) is 3.60. The second-order valence-electron chi connectivity index (χ2n) is 5.04. The van der Waals surface area contributed by atoms with E-state index >= 15 is 0 Å². The van der Waals surface area contributed by atoms with Gasteiger partial charge in [-0.15, -0.1) is 0 Å². The number of carbonyl (C=O) groups excluding carboxylic acids is 2. The summed E-state index contributed by atoms with van der Waals surface area (Å²) in [6, 6.07) is 2.87. The minimum Gasteiger partial charge on any atom is -0.377 e. The van der Waals surface area contributed by atoms with Gasteiger partial charge in [-0.1, -0.05) is 0 Å². The van der Waals surface area contributed by atoms with E-state index in [1.165, 1.54) is 11.8 Å².